The van der Waals surface area contributed by atoms with E-state index in [9.17, 15) is 4.79 Å². The fraction of sp³-hybridized carbons (Fsp3) is 0.611. The van der Waals surface area contributed by atoms with Gasteiger partial charge in [-0.25, -0.2) is 0 Å². The molecule has 1 saturated heterocycles. The molecule has 0 N–H and O–H groups in total. The van der Waals surface area contributed by atoms with Gasteiger partial charge in [0.2, 0.25) is 0 Å². The van der Waals surface area contributed by atoms with Gasteiger partial charge >= 0.3 is 7.12 Å². The van der Waals surface area contributed by atoms with Crippen LogP contribution in [0.2, 0.25) is 0 Å². The molecule has 1 atom stereocenters. The van der Waals surface area contributed by atoms with Crippen LogP contribution < -0.4 is 5.46 Å². The number of rotatable bonds is 4. The van der Waals surface area contributed by atoms with E-state index < -0.39 is 7.12 Å². The van der Waals surface area contributed by atoms with E-state index in [1.54, 1.807) is 0 Å². The molecule has 1 aliphatic rings. The highest BCUT2D eigenvalue weighted by Gasteiger charge is 2.38. The van der Waals surface area contributed by atoms with Crippen molar-refractivity contribution in [2.24, 2.45) is 0 Å². The van der Waals surface area contributed by atoms with Crippen molar-refractivity contribution in [2.75, 3.05) is 13.1 Å². The first-order chi connectivity index (χ1) is 10.8. The Morgan fingerprint density at radius 3 is 2.52 bits per heavy atom. The Balaban J connectivity index is 2.32. The summed E-state index contributed by atoms with van der Waals surface area (Å²) >= 11 is 0. The minimum Gasteiger partial charge on any atom is -0.405 e. The second-order valence-electron chi connectivity index (χ2n) is 6.97. The maximum atomic E-state index is 12.6. The van der Waals surface area contributed by atoms with Crippen LogP contribution in [0.15, 0.2) is 18.2 Å². The van der Waals surface area contributed by atoms with Crippen molar-refractivity contribution in [3.05, 3.63) is 29.3 Å². The molecule has 23 heavy (non-hydrogen) atoms. The molecule has 0 aliphatic carbocycles. The summed E-state index contributed by atoms with van der Waals surface area (Å²) in [6.45, 7) is 13.6. The van der Waals surface area contributed by atoms with Gasteiger partial charge in [-0.15, -0.1) is 0 Å². The predicted octanol–water partition coefficient (Wildman–Crippen LogP) is 2.78. The second-order valence-corrected chi connectivity index (χ2v) is 6.97. The van der Waals surface area contributed by atoms with Gasteiger partial charge in [0.1, 0.15) is 0 Å². The lowest BCUT2D eigenvalue weighted by molar-refractivity contribution is -0.0229. The summed E-state index contributed by atoms with van der Waals surface area (Å²) in [4.78, 5) is 14.5. The third kappa shape index (κ3) is 4.36. The zero-order valence-corrected chi connectivity index (χ0v) is 15.2. The number of amides is 1. The van der Waals surface area contributed by atoms with Crippen molar-refractivity contribution >= 4 is 18.5 Å². The Hall–Kier alpha value is -1.33. The van der Waals surface area contributed by atoms with Gasteiger partial charge in [-0.05, 0) is 65.6 Å². The number of benzene rings is 1. The van der Waals surface area contributed by atoms with Crippen molar-refractivity contribution in [1.29, 1.82) is 0 Å². The molecule has 1 aliphatic heterocycles. The number of hydrogen-bond donors (Lipinski definition) is 0. The molecular weight excluding hydrogens is 289 g/mol. The van der Waals surface area contributed by atoms with E-state index in [-0.39, 0.29) is 17.6 Å². The van der Waals surface area contributed by atoms with Crippen LogP contribution in [0.3, 0.4) is 0 Å². The van der Waals surface area contributed by atoms with Crippen LogP contribution in [0.1, 0.15) is 57.0 Å². The number of carbonyl (C=O) groups is 1. The van der Waals surface area contributed by atoms with E-state index in [1.807, 2.05) is 43.9 Å². The molecule has 0 aromatic heterocycles. The third-order valence-electron chi connectivity index (χ3n) is 4.23. The Labute approximate surface area is 140 Å². The Morgan fingerprint density at radius 1 is 1.30 bits per heavy atom. The molecule has 1 aromatic carbocycles. The Bertz CT molecular complexity index is 569. The lowest BCUT2D eigenvalue weighted by Gasteiger charge is -2.38. The molecule has 1 heterocycles. The molecule has 1 amide bonds. The van der Waals surface area contributed by atoms with Gasteiger partial charge in [0.25, 0.3) is 5.91 Å². The summed E-state index contributed by atoms with van der Waals surface area (Å²) in [6, 6.07) is 5.88. The molecule has 1 aromatic rings. The van der Waals surface area contributed by atoms with Gasteiger partial charge in [-0.2, -0.15) is 0 Å². The predicted molar refractivity (Wildman–Crippen MR) is 94.1 cm³/mol. The van der Waals surface area contributed by atoms with Crippen LogP contribution in [-0.4, -0.2) is 42.7 Å². The molecular formula is C18H28BNO3. The van der Waals surface area contributed by atoms with E-state index >= 15 is 0 Å². The molecule has 0 saturated carbocycles. The van der Waals surface area contributed by atoms with Crippen molar-refractivity contribution in [3.63, 3.8) is 0 Å². The summed E-state index contributed by atoms with van der Waals surface area (Å²) in [5.74, 6) is 0.0584. The first-order valence-electron chi connectivity index (χ1n) is 8.50. The minimum absolute atomic E-state index is 0.0584. The van der Waals surface area contributed by atoms with Gasteiger partial charge in [-0.1, -0.05) is 11.6 Å². The van der Waals surface area contributed by atoms with Crippen LogP contribution in [0, 0.1) is 6.92 Å². The fourth-order valence-electron chi connectivity index (χ4n) is 3.23. The summed E-state index contributed by atoms with van der Waals surface area (Å²) in [7, 11) is -0.420. The van der Waals surface area contributed by atoms with E-state index in [2.05, 4.69) is 20.8 Å². The van der Waals surface area contributed by atoms with Crippen molar-refractivity contribution in [1.82, 2.24) is 4.90 Å². The normalized spacial score (nSPS) is 20.4. The lowest BCUT2D eigenvalue weighted by atomic mass is 9.74. The maximum absolute atomic E-state index is 12.6. The van der Waals surface area contributed by atoms with Crippen molar-refractivity contribution in [2.45, 2.75) is 59.7 Å². The second kappa shape index (κ2) is 7.06. The Kier molecular flexibility index (Phi) is 5.53. The molecule has 126 valence electrons. The van der Waals surface area contributed by atoms with Crippen LogP contribution in [-0.2, 0) is 9.31 Å². The largest absolute Gasteiger partial charge is 0.494 e. The highest BCUT2D eigenvalue weighted by atomic mass is 16.6. The number of carbonyl (C=O) groups excluding carboxylic acids is 1. The van der Waals surface area contributed by atoms with Crippen LogP contribution >= 0.6 is 0 Å². The quantitative estimate of drug-likeness (QED) is 0.802. The standard InChI is InChI=1S/C18H28BNO3/c1-7-20(8-2)17(21)15-9-13(3)10-16(11-15)19-22-14(4)12-18(5,6)23-19/h9-11,14H,7-8,12H2,1-6H3. The molecule has 0 radical (unpaired) electrons. The first-order valence-corrected chi connectivity index (χ1v) is 8.50. The molecule has 5 heteroatoms. The fourth-order valence-corrected chi connectivity index (χ4v) is 3.23. The molecule has 4 nitrogen and oxygen atoms in total. The zero-order valence-electron chi connectivity index (χ0n) is 15.2. The summed E-state index contributed by atoms with van der Waals surface area (Å²) < 4.78 is 12.0. The lowest BCUT2D eigenvalue weighted by Crippen LogP contribution is -2.52. The van der Waals surface area contributed by atoms with E-state index in [4.69, 9.17) is 9.31 Å². The SMILES string of the molecule is CCN(CC)C(=O)c1cc(C)cc(B2OC(C)CC(C)(C)O2)c1. The van der Waals surface area contributed by atoms with E-state index in [1.165, 1.54) is 0 Å². The van der Waals surface area contributed by atoms with Gasteiger partial charge < -0.3 is 14.2 Å². The van der Waals surface area contributed by atoms with E-state index in [0.29, 0.717) is 18.7 Å². The number of nitrogens with zero attached hydrogens (tertiary/aromatic N) is 1. The topological polar surface area (TPSA) is 38.8 Å². The van der Waals surface area contributed by atoms with Gasteiger partial charge in [0.15, 0.2) is 0 Å². The average molecular weight is 317 g/mol. The summed E-state index contributed by atoms with van der Waals surface area (Å²) in [5, 5.41) is 0. The highest BCUT2D eigenvalue weighted by molar-refractivity contribution is 6.61. The van der Waals surface area contributed by atoms with Crippen LogP contribution in [0.25, 0.3) is 0 Å². The molecule has 0 bridgehead atoms. The summed E-state index contributed by atoms with van der Waals surface area (Å²) in [5.41, 5.74) is 2.43. The van der Waals surface area contributed by atoms with Crippen LogP contribution in [0.4, 0.5) is 0 Å². The number of hydrogen-bond acceptors (Lipinski definition) is 3. The molecule has 2 rings (SSSR count). The Morgan fingerprint density at radius 2 is 1.96 bits per heavy atom. The smallest absolute Gasteiger partial charge is 0.405 e. The number of aryl methyl sites for hydroxylation is 1. The summed E-state index contributed by atoms with van der Waals surface area (Å²) in [6.07, 6.45) is 0.992. The first kappa shape index (κ1) is 18.0. The average Bonchev–Trinajstić information content (AvgIpc) is 2.45. The highest BCUT2D eigenvalue weighted by Crippen LogP contribution is 2.25. The van der Waals surface area contributed by atoms with E-state index in [0.717, 1.165) is 17.4 Å². The molecule has 0 spiro atoms. The monoisotopic (exact) mass is 317 g/mol. The molecule has 1 unspecified atom stereocenters. The zero-order chi connectivity index (χ0) is 17.2. The third-order valence-corrected chi connectivity index (χ3v) is 4.23. The van der Waals surface area contributed by atoms with Gasteiger partial charge in [0.05, 0.1) is 5.60 Å². The minimum atomic E-state index is -0.420. The van der Waals surface area contributed by atoms with Crippen LogP contribution in [0.5, 0.6) is 0 Å². The van der Waals surface area contributed by atoms with Gasteiger partial charge in [-0.3, -0.25) is 4.79 Å². The maximum Gasteiger partial charge on any atom is 0.494 e. The van der Waals surface area contributed by atoms with Gasteiger partial charge in [0, 0.05) is 24.8 Å². The molecule has 1 fully saturated rings. The van der Waals surface area contributed by atoms with Crippen molar-refractivity contribution < 1.29 is 14.1 Å². The van der Waals surface area contributed by atoms with Crippen molar-refractivity contribution in [3.8, 4) is 0 Å².